The Morgan fingerprint density at radius 1 is 1.22 bits per heavy atom. The summed E-state index contributed by atoms with van der Waals surface area (Å²) in [6.45, 7) is 1.85. The van der Waals surface area contributed by atoms with Crippen molar-refractivity contribution < 1.29 is 4.21 Å². The van der Waals surface area contributed by atoms with Gasteiger partial charge in [0.05, 0.1) is 20.6 Å². The van der Waals surface area contributed by atoms with Crippen LogP contribution < -0.4 is 16.2 Å². The lowest BCUT2D eigenvalue weighted by molar-refractivity contribution is 0.382. The average molecular weight is 408 g/mol. The lowest BCUT2D eigenvalue weighted by Crippen LogP contribution is -2.44. The van der Waals surface area contributed by atoms with Crippen LogP contribution in [-0.2, 0) is 10.8 Å². The van der Waals surface area contributed by atoms with E-state index in [-0.39, 0.29) is 6.04 Å². The number of aromatic amines is 1. The van der Waals surface area contributed by atoms with E-state index < -0.39 is 10.8 Å². The molecule has 1 aliphatic carbocycles. The molecule has 1 saturated carbocycles. The van der Waals surface area contributed by atoms with E-state index in [2.05, 4.69) is 32.0 Å². The Labute approximate surface area is 165 Å². The van der Waals surface area contributed by atoms with Gasteiger partial charge in [-0.25, -0.2) is 0 Å². The van der Waals surface area contributed by atoms with E-state index in [1.807, 2.05) is 6.07 Å². The first-order valence-electron chi connectivity index (χ1n) is 9.29. The molecule has 0 radical (unpaired) electrons. The Hall–Kier alpha value is -1.33. The van der Waals surface area contributed by atoms with Crippen LogP contribution in [0.2, 0.25) is 0 Å². The maximum absolute atomic E-state index is 13.0. The SMILES string of the molecule is NSc1c(S(=O)CC2CNC2)ccc(C2CCC(N)CC2)c1-c1nn[nH]n1. The van der Waals surface area contributed by atoms with Gasteiger partial charge in [-0.15, -0.1) is 10.2 Å². The van der Waals surface area contributed by atoms with Crippen molar-refractivity contribution in [1.29, 1.82) is 0 Å². The second kappa shape index (κ2) is 8.36. The van der Waals surface area contributed by atoms with Crippen molar-refractivity contribution in [1.82, 2.24) is 25.9 Å². The molecule has 2 aromatic rings. The van der Waals surface area contributed by atoms with E-state index in [1.165, 1.54) is 0 Å². The van der Waals surface area contributed by atoms with Gasteiger partial charge in [0.15, 0.2) is 0 Å². The van der Waals surface area contributed by atoms with Gasteiger partial charge in [0.1, 0.15) is 0 Å². The van der Waals surface area contributed by atoms with Crippen LogP contribution in [0.3, 0.4) is 0 Å². The molecular weight excluding hydrogens is 382 g/mol. The summed E-state index contributed by atoms with van der Waals surface area (Å²) in [7, 11) is -1.11. The number of benzene rings is 1. The fraction of sp³-hybridized carbons (Fsp3) is 0.588. The lowest BCUT2D eigenvalue weighted by atomic mass is 9.80. The van der Waals surface area contributed by atoms with Crippen LogP contribution in [0.4, 0.5) is 0 Å². The maximum atomic E-state index is 13.0. The molecule has 27 heavy (non-hydrogen) atoms. The third-order valence-corrected chi connectivity index (χ3v) is 7.94. The highest BCUT2D eigenvalue weighted by Gasteiger charge is 2.29. The zero-order chi connectivity index (χ0) is 18.8. The van der Waals surface area contributed by atoms with E-state index in [1.54, 1.807) is 0 Å². The van der Waals surface area contributed by atoms with Crippen LogP contribution >= 0.6 is 11.9 Å². The summed E-state index contributed by atoms with van der Waals surface area (Å²) in [5.74, 6) is 1.98. The van der Waals surface area contributed by atoms with Gasteiger partial charge in [-0.3, -0.25) is 9.35 Å². The summed E-state index contributed by atoms with van der Waals surface area (Å²) in [6, 6.07) is 4.34. The molecule has 6 N–H and O–H groups in total. The van der Waals surface area contributed by atoms with Crippen LogP contribution in [0, 0.1) is 5.92 Å². The third-order valence-electron chi connectivity index (χ3n) is 5.55. The van der Waals surface area contributed by atoms with Gasteiger partial charge < -0.3 is 11.1 Å². The number of nitrogens with two attached hydrogens (primary N) is 2. The third kappa shape index (κ3) is 3.95. The highest BCUT2D eigenvalue weighted by molar-refractivity contribution is 7.98. The Bertz CT molecular complexity index is 802. The lowest BCUT2D eigenvalue weighted by Gasteiger charge is -2.29. The number of rotatable bonds is 6. The van der Waals surface area contributed by atoms with Crippen LogP contribution in [0.1, 0.15) is 37.2 Å². The Morgan fingerprint density at radius 2 is 2.00 bits per heavy atom. The predicted molar refractivity (Wildman–Crippen MR) is 106 cm³/mol. The van der Waals surface area contributed by atoms with E-state index in [0.717, 1.165) is 71.6 Å². The molecule has 2 fully saturated rings. The zero-order valence-corrected chi connectivity index (χ0v) is 16.7. The summed E-state index contributed by atoms with van der Waals surface area (Å²) >= 11 is 1.12. The molecule has 146 valence electrons. The standard InChI is InChI=1S/C17H25N7OS2/c18-12-3-1-11(2-4-12)13-5-6-14(27(25)9-10-7-20-8-10)16(26-19)15(13)17-21-23-24-22-17/h5-6,10-12,20H,1-4,7-9,18-19H2,(H,21,22,23,24). The highest BCUT2D eigenvalue weighted by atomic mass is 32.2. The van der Waals surface area contributed by atoms with Crippen LogP contribution in [0.25, 0.3) is 11.4 Å². The summed E-state index contributed by atoms with van der Waals surface area (Å²) in [6.07, 6.45) is 4.06. The van der Waals surface area contributed by atoms with E-state index >= 15 is 0 Å². The molecule has 4 rings (SSSR count). The number of tetrazole rings is 1. The maximum Gasteiger partial charge on any atom is 0.206 e. The molecule has 1 aromatic carbocycles. The van der Waals surface area contributed by atoms with Crippen molar-refractivity contribution in [3.63, 3.8) is 0 Å². The number of nitrogens with zero attached hydrogens (tertiary/aromatic N) is 3. The van der Waals surface area contributed by atoms with E-state index in [0.29, 0.717) is 23.4 Å². The number of hydrogen-bond donors (Lipinski definition) is 4. The van der Waals surface area contributed by atoms with Crippen molar-refractivity contribution in [2.45, 2.75) is 47.4 Å². The topological polar surface area (TPSA) is 136 Å². The number of aromatic nitrogens is 4. The molecule has 2 aliphatic rings. The molecule has 0 spiro atoms. The molecule has 1 atom stereocenters. The molecule has 8 nitrogen and oxygen atoms in total. The van der Waals surface area contributed by atoms with Crippen LogP contribution in [0.15, 0.2) is 21.9 Å². The molecular formula is C17H25N7OS2. The number of hydrogen-bond acceptors (Lipinski definition) is 8. The molecule has 1 aliphatic heterocycles. The first-order chi connectivity index (χ1) is 13.2. The van der Waals surface area contributed by atoms with Gasteiger partial charge in [-0.2, -0.15) is 5.21 Å². The summed E-state index contributed by atoms with van der Waals surface area (Å²) in [5, 5.41) is 24.0. The van der Waals surface area contributed by atoms with Gasteiger partial charge in [0.25, 0.3) is 0 Å². The minimum Gasteiger partial charge on any atom is -0.328 e. The Balaban J connectivity index is 1.74. The average Bonchev–Trinajstić information content (AvgIpc) is 3.18. The van der Waals surface area contributed by atoms with E-state index in [4.69, 9.17) is 10.9 Å². The fourth-order valence-electron chi connectivity index (χ4n) is 3.91. The smallest absolute Gasteiger partial charge is 0.206 e. The summed E-state index contributed by atoms with van der Waals surface area (Å²) in [5.41, 5.74) is 8.11. The normalized spacial score (nSPS) is 24.5. The fourth-order valence-corrected chi connectivity index (χ4v) is 6.22. The highest BCUT2D eigenvalue weighted by Crippen LogP contribution is 2.42. The van der Waals surface area contributed by atoms with Gasteiger partial charge in [0, 0.05) is 30.4 Å². The summed E-state index contributed by atoms with van der Waals surface area (Å²) in [4.78, 5) is 1.57. The minimum atomic E-state index is -1.11. The molecule has 10 heteroatoms. The summed E-state index contributed by atoms with van der Waals surface area (Å²) < 4.78 is 13.0. The molecule has 1 aromatic heterocycles. The molecule has 1 unspecified atom stereocenters. The second-order valence-electron chi connectivity index (χ2n) is 7.36. The molecule has 2 heterocycles. The second-order valence-corrected chi connectivity index (χ2v) is 9.47. The Kier molecular flexibility index (Phi) is 5.88. The molecule has 0 bridgehead atoms. The van der Waals surface area contributed by atoms with Crippen molar-refractivity contribution in [2.75, 3.05) is 18.8 Å². The van der Waals surface area contributed by atoms with Gasteiger partial charge in [0.2, 0.25) is 5.82 Å². The van der Waals surface area contributed by atoms with Crippen molar-refractivity contribution in [3.8, 4) is 11.4 Å². The first kappa shape index (κ1) is 19.0. The van der Waals surface area contributed by atoms with Crippen molar-refractivity contribution >= 4 is 22.7 Å². The quantitative estimate of drug-likeness (QED) is 0.524. The van der Waals surface area contributed by atoms with Crippen LogP contribution in [-0.4, -0.2) is 49.7 Å². The van der Waals surface area contributed by atoms with Gasteiger partial charge >= 0.3 is 0 Å². The van der Waals surface area contributed by atoms with Crippen molar-refractivity contribution in [3.05, 3.63) is 17.7 Å². The first-order valence-corrected chi connectivity index (χ1v) is 11.5. The predicted octanol–water partition coefficient (Wildman–Crippen LogP) is 1.14. The number of nitrogens with one attached hydrogen (secondary N) is 2. The largest absolute Gasteiger partial charge is 0.328 e. The molecule has 1 saturated heterocycles. The number of H-pyrrole nitrogens is 1. The minimum absolute atomic E-state index is 0.279. The van der Waals surface area contributed by atoms with Crippen LogP contribution in [0.5, 0.6) is 0 Å². The molecule has 0 amide bonds. The van der Waals surface area contributed by atoms with Crippen molar-refractivity contribution in [2.24, 2.45) is 16.8 Å². The van der Waals surface area contributed by atoms with Gasteiger partial charge in [-0.1, -0.05) is 6.07 Å². The van der Waals surface area contributed by atoms with Gasteiger partial charge in [-0.05, 0) is 66.3 Å². The monoisotopic (exact) mass is 407 g/mol. The van der Waals surface area contributed by atoms with E-state index in [9.17, 15) is 4.21 Å². The zero-order valence-electron chi connectivity index (χ0n) is 15.1. The Morgan fingerprint density at radius 3 is 2.59 bits per heavy atom.